The first-order valence-electron chi connectivity index (χ1n) is 2.41. The molecule has 0 aliphatic rings. The molecule has 2 radical (unpaired) electrons. The SMILES string of the molecule is CCC(C)([O])C[O]. The summed E-state index contributed by atoms with van der Waals surface area (Å²) in [4.78, 5) is 0. The summed E-state index contributed by atoms with van der Waals surface area (Å²) in [5.41, 5.74) is -1.22. The van der Waals surface area contributed by atoms with E-state index < -0.39 is 12.2 Å². The molecule has 0 saturated carbocycles. The van der Waals surface area contributed by atoms with Gasteiger partial charge in [0, 0.05) is 0 Å². The first kappa shape index (κ1) is 6.92. The van der Waals surface area contributed by atoms with Gasteiger partial charge in [0.2, 0.25) is 0 Å². The van der Waals surface area contributed by atoms with Crippen molar-refractivity contribution in [1.82, 2.24) is 0 Å². The quantitative estimate of drug-likeness (QED) is 0.499. The van der Waals surface area contributed by atoms with E-state index in [1.165, 1.54) is 6.92 Å². The van der Waals surface area contributed by atoms with Crippen LogP contribution in [0.1, 0.15) is 20.3 Å². The maximum atomic E-state index is 10.5. The minimum Gasteiger partial charge on any atom is -0.233 e. The van der Waals surface area contributed by atoms with Crippen LogP contribution in [0.25, 0.3) is 0 Å². The van der Waals surface area contributed by atoms with Crippen molar-refractivity contribution in [3.63, 3.8) is 0 Å². The number of hydrogen-bond donors (Lipinski definition) is 0. The second-order valence-electron chi connectivity index (χ2n) is 1.95. The maximum Gasteiger partial charge on any atom is 0.127 e. The van der Waals surface area contributed by atoms with Gasteiger partial charge in [-0.25, -0.2) is 10.2 Å². The first-order chi connectivity index (χ1) is 3.12. The van der Waals surface area contributed by atoms with E-state index in [0.717, 1.165) is 0 Å². The van der Waals surface area contributed by atoms with E-state index >= 15 is 0 Å². The van der Waals surface area contributed by atoms with Crippen LogP contribution in [0.15, 0.2) is 0 Å². The van der Waals surface area contributed by atoms with Gasteiger partial charge in [-0.3, -0.25) is 0 Å². The molecule has 0 fully saturated rings. The predicted octanol–water partition coefficient (Wildman–Crippen LogP) is 1.02. The van der Waals surface area contributed by atoms with Gasteiger partial charge in [0.15, 0.2) is 0 Å². The molecule has 0 amide bonds. The van der Waals surface area contributed by atoms with Gasteiger partial charge in [0.1, 0.15) is 12.2 Å². The number of hydrogen-bond acceptors (Lipinski definition) is 0. The molecule has 0 aromatic carbocycles. The molecule has 0 spiro atoms. The summed E-state index contributed by atoms with van der Waals surface area (Å²) < 4.78 is 0. The van der Waals surface area contributed by atoms with Gasteiger partial charge in [-0.2, -0.15) is 0 Å². The fraction of sp³-hybridized carbons (Fsp3) is 1.00. The average Bonchev–Trinajstić information content (AvgIpc) is 1.68. The highest BCUT2D eigenvalue weighted by atomic mass is 16.3. The molecule has 1 unspecified atom stereocenters. The minimum absolute atomic E-state index is 0.427. The van der Waals surface area contributed by atoms with Crippen LogP contribution in [-0.4, -0.2) is 12.2 Å². The Morgan fingerprint density at radius 3 is 2.00 bits per heavy atom. The van der Waals surface area contributed by atoms with Crippen molar-refractivity contribution in [2.24, 2.45) is 0 Å². The van der Waals surface area contributed by atoms with Crippen molar-refractivity contribution < 1.29 is 10.2 Å². The van der Waals surface area contributed by atoms with Gasteiger partial charge in [-0.05, 0) is 13.3 Å². The highest BCUT2D eigenvalue weighted by Crippen LogP contribution is 2.06. The lowest BCUT2D eigenvalue weighted by molar-refractivity contribution is -0.0770. The molecule has 0 aromatic rings. The molecule has 0 saturated heterocycles. The zero-order valence-electron chi connectivity index (χ0n) is 4.73. The molecule has 1 atom stereocenters. The summed E-state index contributed by atoms with van der Waals surface area (Å²) in [6.07, 6.45) is 0.427. The molecule has 0 aliphatic carbocycles. The third-order valence-electron chi connectivity index (χ3n) is 1.05. The third kappa shape index (κ3) is 2.60. The molecule has 0 aliphatic heterocycles. The largest absolute Gasteiger partial charge is 0.233 e. The van der Waals surface area contributed by atoms with Gasteiger partial charge < -0.3 is 0 Å². The van der Waals surface area contributed by atoms with Crippen LogP contribution in [0.3, 0.4) is 0 Å². The molecule has 42 valence electrons. The summed E-state index contributed by atoms with van der Waals surface area (Å²) in [6.45, 7) is 2.65. The molecule has 2 nitrogen and oxygen atoms in total. The van der Waals surface area contributed by atoms with Crippen LogP contribution in [0.2, 0.25) is 0 Å². The van der Waals surface area contributed by atoms with Crippen molar-refractivity contribution in [2.45, 2.75) is 25.9 Å². The Kier molecular flexibility index (Phi) is 2.26. The van der Waals surface area contributed by atoms with E-state index in [9.17, 15) is 10.2 Å². The standard InChI is InChI=1S/C5H10O2/c1-3-5(2,7)4-6/h3-4H2,1-2H3. The van der Waals surface area contributed by atoms with Crippen molar-refractivity contribution in [3.05, 3.63) is 0 Å². The summed E-state index contributed by atoms with van der Waals surface area (Å²) in [7, 11) is 0. The Hall–Kier alpha value is -0.0800. The van der Waals surface area contributed by atoms with E-state index in [1.807, 2.05) is 0 Å². The van der Waals surface area contributed by atoms with Crippen LogP contribution in [0, 0.1) is 0 Å². The van der Waals surface area contributed by atoms with Gasteiger partial charge >= 0.3 is 0 Å². The Morgan fingerprint density at radius 2 is 2.00 bits per heavy atom. The zero-order chi connectivity index (χ0) is 5.91. The normalized spacial score (nSPS) is 18.9. The van der Waals surface area contributed by atoms with Gasteiger partial charge in [-0.15, -0.1) is 0 Å². The molecular formula is C5H10O2. The van der Waals surface area contributed by atoms with Crippen molar-refractivity contribution >= 4 is 0 Å². The molecular weight excluding hydrogens is 92.1 g/mol. The van der Waals surface area contributed by atoms with Crippen LogP contribution < -0.4 is 0 Å². The molecule has 0 N–H and O–H groups in total. The molecule has 0 rings (SSSR count). The summed E-state index contributed by atoms with van der Waals surface area (Å²) in [6, 6.07) is 0. The van der Waals surface area contributed by atoms with Crippen molar-refractivity contribution in [3.8, 4) is 0 Å². The number of rotatable bonds is 2. The van der Waals surface area contributed by atoms with Crippen LogP contribution in [0.4, 0.5) is 0 Å². The smallest absolute Gasteiger partial charge is 0.127 e. The topological polar surface area (TPSA) is 39.8 Å². The summed E-state index contributed by atoms with van der Waals surface area (Å²) >= 11 is 0. The highest BCUT2D eigenvalue weighted by Gasteiger charge is 2.18. The van der Waals surface area contributed by atoms with E-state index in [1.54, 1.807) is 6.92 Å². The van der Waals surface area contributed by atoms with Crippen molar-refractivity contribution in [2.75, 3.05) is 6.61 Å². The van der Waals surface area contributed by atoms with Crippen LogP contribution >= 0.6 is 0 Å². The highest BCUT2D eigenvalue weighted by molar-refractivity contribution is 4.65. The van der Waals surface area contributed by atoms with E-state index in [0.29, 0.717) is 6.42 Å². The molecule has 0 aromatic heterocycles. The van der Waals surface area contributed by atoms with Crippen LogP contribution in [-0.2, 0) is 10.2 Å². The lowest BCUT2D eigenvalue weighted by Gasteiger charge is -2.11. The lowest BCUT2D eigenvalue weighted by Crippen LogP contribution is -2.24. The summed E-state index contributed by atoms with van der Waals surface area (Å²) in [5, 5.41) is 20.4. The van der Waals surface area contributed by atoms with E-state index in [2.05, 4.69) is 0 Å². The Morgan fingerprint density at radius 1 is 1.57 bits per heavy atom. The monoisotopic (exact) mass is 102 g/mol. The minimum atomic E-state index is -1.22. The van der Waals surface area contributed by atoms with Gasteiger partial charge in [-0.1, -0.05) is 6.92 Å². The molecule has 7 heavy (non-hydrogen) atoms. The van der Waals surface area contributed by atoms with Gasteiger partial charge in [0.25, 0.3) is 0 Å². The second kappa shape index (κ2) is 2.28. The maximum absolute atomic E-state index is 10.5. The second-order valence-corrected chi connectivity index (χ2v) is 1.95. The molecule has 0 bridgehead atoms. The zero-order valence-corrected chi connectivity index (χ0v) is 4.73. The lowest BCUT2D eigenvalue weighted by atomic mass is 10.1. The molecule has 2 heteroatoms. The van der Waals surface area contributed by atoms with E-state index in [4.69, 9.17) is 0 Å². The third-order valence-corrected chi connectivity index (χ3v) is 1.05. The van der Waals surface area contributed by atoms with Crippen molar-refractivity contribution in [1.29, 1.82) is 0 Å². The average molecular weight is 102 g/mol. The summed E-state index contributed by atoms with van der Waals surface area (Å²) in [5.74, 6) is 0. The Bertz CT molecular complexity index is 44.0. The van der Waals surface area contributed by atoms with Gasteiger partial charge in [0.05, 0.1) is 0 Å². The van der Waals surface area contributed by atoms with Crippen LogP contribution in [0.5, 0.6) is 0 Å². The first-order valence-corrected chi connectivity index (χ1v) is 2.41. The molecule has 0 heterocycles. The fourth-order valence-corrected chi connectivity index (χ4v) is 0.102. The fourth-order valence-electron chi connectivity index (χ4n) is 0.102. The van der Waals surface area contributed by atoms with E-state index in [-0.39, 0.29) is 0 Å². The predicted molar refractivity (Wildman–Crippen MR) is 24.9 cm³/mol. The Labute approximate surface area is 43.8 Å². The Balaban J connectivity index is 3.36.